The second kappa shape index (κ2) is 1.91. The van der Waals surface area contributed by atoms with Crippen molar-refractivity contribution in [3.63, 3.8) is 0 Å². The molecule has 0 spiro atoms. The highest BCUT2D eigenvalue weighted by Gasteiger charge is 2.23. The van der Waals surface area contributed by atoms with E-state index >= 15 is 0 Å². The summed E-state index contributed by atoms with van der Waals surface area (Å²) in [6.45, 7) is 0. The van der Waals surface area contributed by atoms with Crippen molar-refractivity contribution in [3.05, 3.63) is 36.7 Å². The van der Waals surface area contributed by atoms with Gasteiger partial charge < -0.3 is 0 Å². The van der Waals surface area contributed by atoms with E-state index in [0.29, 0.717) is 0 Å². The van der Waals surface area contributed by atoms with Crippen molar-refractivity contribution in [1.82, 2.24) is 9.97 Å². The minimum Gasteiger partial charge on any atom is -0.254 e. The highest BCUT2D eigenvalue weighted by Crippen LogP contribution is 2.42. The zero-order valence-corrected chi connectivity index (χ0v) is 6.36. The van der Waals surface area contributed by atoms with Crippen molar-refractivity contribution >= 4 is 0 Å². The van der Waals surface area contributed by atoms with Crippen LogP contribution in [0.2, 0.25) is 0 Å². The van der Waals surface area contributed by atoms with Crippen LogP contribution >= 0.6 is 0 Å². The van der Waals surface area contributed by atoms with Crippen LogP contribution in [0.5, 0.6) is 0 Å². The second-order valence-electron chi connectivity index (χ2n) is 2.80. The first-order chi connectivity index (χ1) is 5.97. The van der Waals surface area contributed by atoms with Gasteiger partial charge in [0.2, 0.25) is 0 Å². The number of hydrogen-bond acceptors (Lipinski definition) is 2. The number of hydrogen-bond donors (Lipinski definition) is 0. The summed E-state index contributed by atoms with van der Waals surface area (Å²) in [5, 5.41) is 0. The zero-order valence-electron chi connectivity index (χ0n) is 6.36. The first-order valence-corrected chi connectivity index (χ1v) is 3.87. The fraction of sp³-hybridized carbons (Fsp3) is 0. The number of rotatable bonds is 0. The summed E-state index contributed by atoms with van der Waals surface area (Å²) in [5.41, 5.74) is 4.52. The van der Waals surface area contributed by atoms with Gasteiger partial charge in [-0.3, -0.25) is 9.97 Å². The molecule has 0 radical (unpaired) electrons. The molecule has 0 bridgehead atoms. The molecule has 56 valence electrons. The van der Waals surface area contributed by atoms with Gasteiger partial charge in [0.05, 0.1) is 11.4 Å². The van der Waals surface area contributed by atoms with E-state index < -0.39 is 0 Å². The normalized spacial score (nSPS) is 11.3. The highest BCUT2D eigenvalue weighted by molar-refractivity contribution is 5.97. The van der Waals surface area contributed by atoms with Gasteiger partial charge in [0.25, 0.3) is 0 Å². The topological polar surface area (TPSA) is 25.8 Å². The summed E-state index contributed by atoms with van der Waals surface area (Å²) in [4.78, 5) is 8.49. The maximum absolute atomic E-state index is 4.24. The molecule has 3 rings (SSSR count). The van der Waals surface area contributed by atoms with Crippen LogP contribution in [-0.2, 0) is 0 Å². The van der Waals surface area contributed by atoms with Gasteiger partial charge >= 0.3 is 0 Å². The molecule has 2 nitrogen and oxygen atoms in total. The molecule has 0 saturated heterocycles. The molecule has 2 aromatic rings. The largest absolute Gasteiger partial charge is 0.254 e. The standard InChI is InChI=1S/C10H6N2/c1-3-7-8-4-2-6-12-10(8)9(7)11-5-1/h1-6H. The molecule has 0 fully saturated rings. The minimum atomic E-state index is 1.04. The smallest absolute Gasteiger partial charge is 0.0971 e. The van der Waals surface area contributed by atoms with Gasteiger partial charge in [-0.05, 0) is 12.1 Å². The van der Waals surface area contributed by atoms with E-state index in [1.807, 2.05) is 12.1 Å². The molecule has 0 aromatic carbocycles. The van der Waals surface area contributed by atoms with Crippen molar-refractivity contribution in [2.24, 2.45) is 0 Å². The summed E-state index contributed by atoms with van der Waals surface area (Å²) in [5.74, 6) is 0. The van der Waals surface area contributed by atoms with E-state index in [4.69, 9.17) is 0 Å². The SMILES string of the molecule is c1cnc2c(c1)-c1cccnc1-2. The fourth-order valence-electron chi connectivity index (χ4n) is 1.56. The molecule has 0 saturated carbocycles. The Morgan fingerprint density at radius 2 is 1.25 bits per heavy atom. The third-order valence-corrected chi connectivity index (χ3v) is 2.13. The maximum atomic E-state index is 4.24. The molecule has 0 N–H and O–H groups in total. The lowest BCUT2D eigenvalue weighted by molar-refractivity contribution is 1.21. The molecule has 2 aromatic heterocycles. The molecule has 12 heavy (non-hydrogen) atoms. The summed E-state index contributed by atoms with van der Waals surface area (Å²) >= 11 is 0. The van der Waals surface area contributed by atoms with Gasteiger partial charge in [-0.2, -0.15) is 0 Å². The summed E-state index contributed by atoms with van der Waals surface area (Å²) < 4.78 is 0. The van der Waals surface area contributed by atoms with Crippen molar-refractivity contribution in [1.29, 1.82) is 0 Å². The Balaban J connectivity index is 2.34. The van der Waals surface area contributed by atoms with Gasteiger partial charge in [0, 0.05) is 23.5 Å². The van der Waals surface area contributed by atoms with Gasteiger partial charge in [-0.1, -0.05) is 12.1 Å². The van der Waals surface area contributed by atoms with Crippen LogP contribution in [0.3, 0.4) is 0 Å². The molecule has 0 aliphatic heterocycles. The number of nitrogens with zero attached hydrogens (tertiary/aromatic N) is 2. The van der Waals surface area contributed by atoms with E-state index in [1.54, 1.807) is 12.4 Å². The average molecular weight is 154 g/mol. The fourth-order valence-corrected chi connectivity index (χ4v) is 1.56. The molecule has 1 aliphatic rings. The molecule has 0 unspecified atom stereocenters. The second-order valence-corrected chi connectivity index (χ2v) is 2.80. The number of pyridine rings is 2. The molecule has 0 atom stereocenters. The van der Waals surface area contributed by atoms with Gasteiger partial charge in [-0.25, -0.2) is 0 Å². The predicted molar refractivity (Wildman–Crippen MR) is 46.5 cm³/mol. The monoisotopic (exact) mass is 154 g/mol. The van der Waals surface area contributed by atoms with Crippen molar-refractivity contribution < 1.29 is 0 Å². The zero-order chi connectivity index (χ0) is 7.97. The van der Waals surface area contributed by atoms with E-state index in [0.717, 1.165) is 11.4 Å². The number of aromatic nitrogens is 2. The maximum Gasteiger partial charge on any atom is 0.0971 e. The van der Waals surface area contributed by atoms with Crippen LogP contribution < -0.4 is 0 Å². The predicted octanol–water partition coefficient (Wildman–Crippen LogP) is 2.12. The van der Waals surface area contributed by atoms with Gasteiger partial charge in [-0.15, -0.1) is 0 Å². The van der Waals surface area contributed by atoms with Crippen molar-refractivity contribution in [2.75, 3.05) is 0 Å². The van der Waals surface area contributed by atoms with Crippen molar-refractivity contribution in [3.8, 4) is 22.5 Å². The van der Waals surface area contributed by atoms with Crippen LogP contribution in [0, 0.1) is 0 Å². The van der Waals surface area contributed by atoms with Crippen LogP contribution in [0.15, 0.2) is 36.7 Å². The molecular formula is C10H6N2. The Morgan fingerprint density at radius 1 is 0.750 bits per heavy atom. The summed E-state index contributed by atoms with van der Waals surface area (Å²) in [6.07, 6.45) is 3.60. The first-order valence-electron chi connectivity index (χ1n) is 3.87. The Hall–Kier alpha value is -1.70. The Kier molecular flexibility index (Phi) is 0.939. The van der Waals surface area contributed by atoms with Gasteiger partial charge in [0.1, 0.15) is 0 Å². The lowest BCUT2D eigenvalue weighted by Crippen LogP contribution is -2.02. The number of fused-ring (bicyclic) bond motifs is 4. The summed E-state index contributed by atoms with van der Waals surface area (Å²) in [6, 6.07) is 8.06. The summed E-state index contributed by atoms with van der Waals surface area (Å²) in [7, 11) is 0. The van der Waals surface area contributed by atoms with Crippen LogP contribution in [0.4, 0.5) is 0 Å². The quantitative estimate of drug-likeness (QED) is 0.495. The van der Waals surface area contributed by atoms with Crippen LogP contribution in [-0.4, -0.2) is 9.97 Å². The lowest BCUT2D eigenvalue weighted by Gasteiger charge is -2.19. The molecule has 2 heterocycles. The first kappa shape index (κ1) is 5.89. The Labute approximate surface area is 69.9 Å². The van der Waals surface area contributed by atoms with Crippen LogP contribution in [0.25, 0.3) is 22.5 Å². The molecular weight excluding hydrogens is 148 g/mol. The van der Waals surface area contributed by atoms with Gasteiger partial charge in [0.15, 0.2) is 0 Å². The average Bonchev–Trinajstić information content (AvgIpc) is 2.14. The van der Waals surface area contributed by atoms with Crippen LogP contribution in [0.1, 0.15) is 0 Å². The Bertz CT molecular complexity index is 349. The van der Waals surface area contributed by atoms with E-state index in [-0.39, 0.29) is 0 Å². The third kappa shape index (κ3) is 0.552. The van der Waals surface area contributed by atoms with Crippen molar-refractivity contribution in [2.45, 2.75) is 0 Å². The Morgan fingerprint density at radius 3 is 1.75 bits per heavy atom. The lowest BCUT2D eigenvalue weighted by atomic mass is 9.89. The molecule has 0 amide bonds. The van der Waals surface area contributed by atoms with E-state index in [1.165, 1.54) is 11.1 Å². The third-order valence-electron chi connectivity index (χ3n) is 2.13. The minimum absolute atomic E-state index is 1.04. The molecule has 2 heteroatoms. The highest BCUT2D eigenvalue weighted by atomic mass is 14.8. The molecule has 1 aliphatic carbocycles. The van der Waals surface area contributed by atoms with E-state index in [2.05, 4.69) is 22.1 Å². The van der Waals surface area contributed by atoms with E-state index in [9.17, 15) is 0 Å².